The Morgan fingerprint density at radius 1 is 1.05 bits per heavy atom. The first-order valence-electron chi connectivity index (χ1n) is 12.1. The molecule has 0 amide bonds. The van der Waals surface area contributed by atoms with E-state index >= 15 is 0 Å². The van der Waals surface area contributed by atoms with E-state index in [4.69, 9.17) is 22.4 Å². The van der Waals surface area contributed by atoms with Gasteiger partial charge in [-0.25, -0.2) is 9.40 Å². The van der Waals surface area contributed by atoms with Crippen molar-refractivity contribution in [3.63, 3.8) is 0 Å². The standard InChI is InChI=1S/C27H28ClFN6O2S/c1-3-34(4-2)38(36,37)33-27(31-26(30)21-12-16-23(29)17-13-21)35-18-24(19-8-6-5-7-9-19)25(32-35)20-10-14-22(28)15-11-20/h5-17,24H,3-4,18H2,1-2H3,(H2,30,31,33). The lowest BCUT2D eigenvalue weighted by Gasteiger charge is -2.19. The molecule has 11 heteroatoms. The van der Waals surface area contributed by atoms with Gasteiger partial charge in [0.1, 0.15) is 11.7 Å². The number of nitrogens with two attached hydrogens (primary N) is 1. The molecule has 0 saturated carbocycles. The molecule has 0 saturated heterocycles. The summed E-state index contributed by atoms with van der Waals surface area (Å²) in [6.45, 7) is 4.20. The van der Waals surface area contributed by atoms with E-state index in [0.717, 1.165) is 11.1 Å². The van der Waals surface area contributed by atoms with Gasteiger partial charge in [0.05, 0.1) is 12.3 Å². The summed E-state index contributed by atoms with van der Waals surface area (Å²) < 4.78 is 45.0. The predicted octanol–water partition coefficient (Wildman–Crippen LogP) is 4.63. The number of nitrogens with zero attached hydrogens (tertiary/aromatic N) is 5. The van der Waals surface area contributed by atoms with Crippen molar-refractivity contribution in [1.29, 1.82) is 0 Å². The van der Waals surface area contributed by atoms with Crippen LogP contribution in [0.3, 0.4) is 0 Å². The fourth-order valence-corrected chi connectivity index (χ4v) is 5.32. The van der Waals surface area contributed by atoms with Crippen LogP contribution >= 0.6 is 11.6 Å². The Morgan fingerprint density at radius 2 is 1.68 bits per heavy atom. The molecule has 38 heavy (non-hydrogen) atoms. The third-order valence-corrected chi connectivity index (χ3v) is 7.89. The van der Waals surface area contributed by atoms with Crippen LogP contribution < -0.4 is 5.73 Å². The molecule has 1 atom stereocenters. The summed E-state index contributed by atoms with van der Waals surface area (Å²) in [5.41, 5.74) is 9.17. The quantitative estimate of drug-likeness (QED) is 0.339. The Kier molecular flexibility index (Phi) is 8.55. The van der Waals surface area contributed by atoms with Crippen LogP contribution in [0.4, 0.5) is 4.39 Å². The van der Waals surface area contributed by atoms with Crippen LogP contribution in [-0.4, -0.2) is 54.9 Å². The van der Waals surface area contributed by atoms with Gasteiger partial charge >= 0.3 is 10.2 Å². The number of rotatable bonds is 7. The monoisotopic (exact) mass is 554 g/mol. The molecule has 0 spiro atoms. The summed E-state index contributed by atoms with van der Waals surface area (Å²) in [6.07, 6.45) is 0. The molecular formula is C27H28ClFN6O2S. The number of guanidine groups is 1. The molecule has 1 aliphatic rings. The lowest BCUT2D eigenvalue weighted by Crippen LogP contribution is -2.33. The van der Waals surface area contributed by atoms with Gasteiger partial charge < -0.3 is 5.73 Å². The molecule has 8 nitrogen and oxygen atoms in total. The van der Waals surface area contributed by atoms with Gasteiger partial charge in [0.25, 0.3) is 5.96 Å². The first kappa shape index (κ1) is 27.4. The lowest BCUT2D eigenvalue weighted by atomic mass is 9.91. The second kappa shape index (κ2) is 11.8. The molecule has 0 aliphatic carbocycles. The van der Waals surface area contributed by atoms with Crippen LogP contribution in [-0.2, 0) is 10.2 Å². The highest BCUT2D eigenvalue weighted by Crippen LogP contribution is 2.30. The maximum absolute atomic E-state index is 13.5. The van der Waals surface area contributed by atoms with Crippen molar-refractivity contribution in [2.45, 2.75) is 19.8 Å². The molecule has 0 aromatic heterocycles. The van der Waals surface area contributed by atoms with E-state index < -0.39 is 16.0 Å². The van der Waals surface area contributed by atoms with Crippen molar-refractivity contribution in [2.75, 3.05) is 19.6 Å². The molecule has 4 rings (SSSR count). The van der Waals surface area contributed by atoms with E-state index in [0.29, 0.717) is 16.3 Å². The molecule has 0 radical (unpaired) electrons. The summed E-state index contributed by atoms with van der Waals surface area (Å²) >= 11 is 6.11. The van der Waals surface area contributed by atoms with Crippen LogP contribution in [0.15, 0.2) is 93.4 Å². The largest absolute Gasteiger partial charge is 0.383 e. The van der Waals surface area contributed by atoms with E-state index in [-0.39, 0.29) is 37.3 Å². The number of hydrogen-bond donors (Lipinski definition) is 1. The molecule has 0 fully saturated rings. The van der Waals surface area contributed by atoms with Crippen LogP contribution in [0.25, 0.3) is 0 Å². The Labute approximate surface area is 227 Å². The number of amidine groups is 1. The minimum Gasteiger partial charge on any atom is -0.383 e. The highest BCUT2D eigenvalue weighted by molar-refractivity contribution is 7.87. The molecule has 198 valence electrons. The van der Waals surface area contributed by atoms with E-state index in [9.17, 15) is 12.8 Å². The van der Waals surface area contributed by atoms with E-state index in [2.05, 4.69) is 9.39 Å². The van der Waals surface area contributed by atoms with Gasteiger partial charge in [-0.1, -0.05) is 67.9 Å². The number of hydrazone groups is 1. The SMILES string of the molecule is CCN(CC)S(=O)(=O)/N=C(/N=C(\N)c1ccc(F)cc1)N1CC(c2ccccc2)C(c2ccc(Cl)cc2)=N1. The Morgan fingerprint density at radius 3 is 2.29 bits per heavy atom. The summed E-state index contributed by atoms with van der Waals surface area (Å²) in [5.74, 6) is -0.850. The zero-order chi connectivity index (χ0) is 27.3. The van der Waals surface area contributed by atoms with Gasteiger partial charge in [-0.2, -0.15) is 22.8 Å². The molecule has 3 aromatic carbocycles. The molecule has 1 heterocycles. The summed E-state index contributed by atoms with van der Waals surface area (Å²) in [4.78, 5) is 4.38. The van der Waals surface area contributed by atoms with Crippen molar-refractivity contribution < 1.29 is 12.8 Å². The zero-order valence-corrected chi connectivity index (χ0v) is 22.6. The van der Waals surface area contributed by atoms with Crippen LogP contribution in [0.2, 0.25) is 5.02 Å². The number of benzene rings is 3. The van der Waals surface area contributed by atoms with Crippen molar-refractivity contribution in [2.24, 2.45) is 20.2 Å². The van der Waals surface area contributed by atoms with Gasteiger partial charge in [0.2, 0.25) is 0 Å². The van der Waals surface area contributed by atoms with Crippen molar-refractivity contribution >= 4 is 39.3 Å². The number of aliphatic imine (C=N–C) groups is 1. The van der Waals surface area contributed by atoms with Crippen molar-refractivity contribution in [3.8, 4) is 0 Å². The third kappa shape index (κ3) is 6.27. The van der Waals surface area contributed by atoms with Gasteiger partial charge in [-0.05, 0) is 47.5 Å². The Bertz CT molecular complexity index is 1460. The maximum atomic E-state index is 13.5. The molecule has 1 unspecified atom stereocenters. The fraction of sp³-hybridized carbons (Fsp3) is 0.222. The van der Waals surface area contributed by atoms with Gasteiger partial charge in [-0.3, -0.25) is 0 Å². The Hall–Kier alpha value is -3.60. The van der Waals surface area contributed by atoms with Gasteiger partial charge in [0, 0.05) is 29.6 Å². The lowest BCUT2D eigenvalue weighted by molar-refractivity contribution is 0.441. The molecule has 1 aliphatic heterocycles. The van der Waals surface area contributed by atoms with E-state index in [1.165, 1.54) is 33.6 Å². The van der Waals surface area contributed by atoms with E-state index in [1.807, 2.05) is 42.5 Å². The maximum Gasteiger partial charge on any atom is 0.325 e. The second-order valence-corrected chi connectivity index (χ2v) is 10.5. The van der Waals surface area contributed by atoms with Crippen LogP contribution in [0.5, 0.6) is 0 Å². The molecule has 0 bridgehead atoms. The predicted molar refractivity (Wildman–Crippen MR) is 150 cm³/mol. The second-order valence-electron chi connectivity index (χ2n) is 8.49. The minimum absolute atomic E-state index is 0.0232. The topological polar surface area (TPSA) is 104 Å². The number of hydrogen-bond acceptors (Lipinski definition) is 3. The van der Waals surface area contributed by atoms with Crippen molar-refractivity contribution in [1.82, 2.24) is 9.31 Å². The first-order chi connectivity index (χ1) is 18.2. The van der Waals surface area contributed by atoms with E-state index in [1.54, 1.807) is 26.0 Å². The molecular weight excluding hydrogens is 527 g/mol. The summed E-state index contributed by atoms with van der Waals surface area (Å²) in [6, 6.07) is 22.4. The zero-order valence-electron chi connectivity index (χ0n) is 21.0. The third-order valence-electron chi connectivity index (χ3n) is 6.08. The fourth-order valence-electron chi connectivity index (χ4n) is 4.08. The highest BCUT2D eigenvalue weighted by atomic mass is 35.5. The molecule has 3 aromatic rings. The summed E-state index contributed by atoms with van der Waals surface area (Å²) in [7, 11) is -4.09. The average molecular weight is 555 g/mol. The normalized spacial score (nSPS) is 16.7. The Balaban J connectivity index is 1.84. The van der Waals surface area contributed by atoms with Gasteiger partial charge in [0.15, 0.2) is 0 Å². The van der Waals surface area contributed by atoms with Crippen molar-refractivity contribution in [3.05, 3.63) is 106 Å². The molecule has 2 N–H and O–H groups in total. The first-order valence-corrected chi connectivity index (χ1v) is 13.9. The summed E-state index contributed by atoms with van der Waals surface area (Å²) in [5, 5.41) is 6.80. The van der Waals surface area contributed by atoms with Crippen LogP contribution in [0.1, 0.15) is 36.5 Å². The average Bonchev–Trinajstić information content (AvgIpc) is 3.35. The van der Waals surface area contributed by atoms with Crippen LogP contribution in [0, 0.1) is 5.82 Å². The smallest absolute Gasteiger partial charge is 0.325 e. The highest BCUT2D eigenvalue weighted by Gasteiger charge is 2.33. The number of halogens is 2. The van der Waals surface area contributed by atoms with Gasteiger partial charge in [-0.15, -0.1) is 4.40 Å². The minimum atomic E-state index is -4.09.